The van der Waals surface area contributed by atoms with Crippen LogP contribution in [0.3, 0.4) is 0 Å². The second-order valence-corrected chi connectivity index (χ2v) is 8.10. The van der Waals surface area contributed by atoms with Crippen LogP contribution in [0.2, 0.25) is 0 Å². The zero-order valence-electron chi connectivity index (χ0n) is 13.1. The Bertz CT molecular complexity index is 357. The van der Waals surface area contributed by atoms with Gasteiger partial charge in [-0.3, -0.25) is 4.79 Å². The summed E-state index contributed by atoms with van der Waals surface area (Å²) in [6.07, 6.45) is 9.44. The molecule has 114 valence electrons. The van der Waals surface area contributed by atoms with E-state index < -0.39 is 0 Å². The van der Waals surface area contributed by atoms with E-state index in [1.54, 1.807) is 0 Å². The Hall–Kier alpha value is -0.570. The molecule has 0 aliphatic heterocycles. The molecule has 4 rings (SSSR count). The standard InChI is InChI=1S/C17H30N2O/c1-3-16(2,4-5-18)19-15(20)17-9-12-6-13(10-17)8-14(7-12)11-17/h12-14H,3-11,18H2,1-2H3,(H,19,20). The summed E-state index contributed by atoms with van der Waals surface area (Å²) < 4.78 is 0. The van der Waals surface area contributed by atoms with Crippen molar-refractivity contribution in [1.82, 2.24) is 5.32 Å². The van der Waals surface area contributed by atoms with Gasteiger partial charge in [-0.15, -0.1) is 0 Å². The van der Waals surface area contributed by atoms with Gasteiger partial charge in [0, 0.05) is 11.0 Å². The molecular weight excluding hydrogens is 248 g/mol. The summed E-state index contributed by atoms with van der Waals surface area (Å²) in [5.41, 5.74) is 5.58. The summed E-state index contributed by atoms with van der Waals surface area (Å²) in [7, 11) is 0. The van der Waals surface area contributed by atoms with Crippen LogP contribution in [0.4, 0.5) is 0 Å². The normalized spacial score (nSPS) is 41.5. The lowest BCUT2D eigenvalue weighted by molar-refractivity contribution is -0.148. The van der Waals surface area contributed by atoms with Gasteiger partial charge in [0.2, 0.25) is 5.91 Å². The van der Waals surface area contributed by atoms with Crippen LogP contribution in [0.5, 0.6) is 0 Å². The Morgan fingerprint density at radius 3 is 2.10 bits per heavy atom. The molecule has 4 bridgehead atoms. The van der Waals surface area contributed by atoms with E-state index in [1.807, 2.05) is 0 Å². The minimum atomic E-state index is -0.116. The van der Waals surface area contributed by atoms with Crippen molar-refractivity contribution in [1.29, 1.82) is 0 Å². The van der Waals surface area contributed by atoms with Crippen molar-refractivity contribution < 1.29 is 4.79 Å². The maximum Gasteiger partial charge on any atom is 0.226 e. The summed E-state index contributed by atoms with van der Waals surface area (Å²) in [5.74, 6) is 2.83. The zero-order valence-corrected chi connectivity index (χ0v) is 13.1. The Morgan fingerprint density at radius 1 is 1.20 bits per heavy atom. The van der Waals surface area contributed by atoms with Crippen molar-refractivity contribution in [3.8, 4) is 0 Å². The lowest BCUT2D eigenvalue weighted by atomic mass is 9.49. The van der Waals surface area contributed by atoms with Gasteiger partial charge in [-0.2, -0.15) is 0 Å². The Balaban J connectivity index is 1.73. The first-order valence-corrected chi connectivity index (χ1v) is 8.51. The highest BCUT2D eigenvalue weighted by molar-refractivity contribution is 5.83. The minimum absolute atomic E-state index is 0.0280. The average molecular weight is 278 g/mol. The molecule has 4 saturated carbocycles. The van der Waals surface area contributed by atoms with E-state index >= 15 is 0 Å². The Morgan fingerprint density at radius 2 is 1.70 bits per heavy atom. The fraction of sp³-hybridized carbons (Fsp3) is 0.941. The molecule has 0 saturated heterocycles. The monoisotopic (exact) mass is 278 g/mol. The van der Waals surface area contributed by atoms with Gasteiger partial charge >= 0.3 is 0 Å². The summed E-state index contributed by atoms with van der Waals surface area (Å²) >= 11 is 0. The van der Waals surface area contributed by atoms with E-state index in [2.05, 4.69) is 19.2 Å². The smallest absolute Gasteiger partial charge is 0.226 e. The summed E-state index contributed by atoms with van der Waals surface area (Å²) in [4.78, 5) is 13.0. The third-order valence-corrected chi connectivity index (χ3v) is 6.41. The van der Waals surface area contributed by atoms with Crippen molar-refractivity contribution in [2.75, 3.05) is 6.54 Å². The second-order valence-electron chi connectivity index (χ2n) is 8.10. The first kappa shape index (κ1) is 14.4. The van der Waals surface area contributed by atoms with Crippen LogP contribution in [0.1, 0.15) is 65.2 Å². The largest absolute Gasteiger partial charge is 0.350 e. The summed E-state index contributed by atoms with van der Waals surface area (Å²) in [5, 5.41) is 3.38. The van der Waals surface area contributed by atoms with Gasteiger partial charge in [-0.05, 0) is 82.6 Å². The predicted octanol–water partition coefficient (Wildman–Crippen LogP) is 2.84. The first-order valence-electron chi connectivity index (χ1n) is 8.51. The molecule has 4 fully saturated rings. The maximum absolute atomic E-state index is 13.0. The van der Waals surface area contributed by atoms with Crippen LogP contribution in [0.25, 0.3) is 0 Å². The van der Waals surface area contributed by atoms with Gasteiger partial charge in [0.15, 0.2) is 0 Å². The molecule has 1 amide bonds. The van der Waals surface area contributed by atoms with Crippen LogP contribution in [-0.4, -0.2) is 18.0 Å². The third kappa shape index (κ3) is 2.38. The molecule has 0 spiro atoms. The first-order chi connectivity index (χ1) is 9.48. The quantitative estimate of drug-likeness (QED) is 0.812. The van der Waals surface area contributed by atoms with Gasteiger partial charge in [-0.25, -0.2) is 0 Å². The van der Waals surface area contributed by atoms with Crippen LogP contribution < -0.4 is 11.1 Å². The molecule has 20 heavy (non-hydrogen) atoms. The SMILES string of the molecule is CCC(C)(CCN)NC(=O)C12CC3CC(CC(C3)C1)C2. The maximum atomic E-state index is 13.0. The van der Waals surface area contributed by atoms with E-state index in [1.165, 1.54) is 19.3 Å². The molecule has 0 aromatic rings. The van der Waals surface area contributed by atoms with Gasteiger partial charge in [0.1, 0.15) is 0 Å². The van der Waals surface area contributed by atoms with Crippen molar-refractivity contribution in [2.24, 2.45) is 28.9 Å². The number of hydrogen-bond acceptors (Lipinski definition) is 2. The number of carbonyl (C=O) groups excluding carboxylic acids is 1. The number of hydrogen-bond donors (Lipinski definition) is 2. The fourth-order valence-electron chi connectivity index (χ4n) is 5.44. The Kier molecular flexibility index (Phi) is 3.60. The molecule has 1 unspecified atom stereocenters. The van der Waals surface area contributed by atoms with Gasteiger partial charge in [0.05, 0.1) is 0 Å². The topological polar surface area (TPSA) is 55.1 Å². The highest BCUT2D eigenvalue weighted by atomic mass is 16.2. The molecule has 4 aliphatic carbocycles. The molecule has 3 nitrogen and oxygen atoms in total. The van der Waals surface area contributed by atoms with Gasteiger partial charge in [-0.1, -0.05) is 6.92 Å². The summed E-state index contributed by atoms with van der Waals surface area (Å²) in [6, 6.07) is 0. The molecule has 0 aromatic carbocycles. The van der Waals surface area contributed by atoms with Crippen molar-refractivity contribution >= 4 is 5.91 Å². The average Bonchev–Trinajstić information content (AvgIpc) is 2.37. The zero-order chi connectivity index (χ0) is 14.4. The van der Waals surface area contributed by atoms with Gasteiger partial charge < -0.3 is 11.1 Å². The fourth-order valence-corrected chi connectivity index (χ4v) is 5.44. The van der Waals surface area contributed by atoms with Crippen molar-refractivity contribution in [2.45, 2.75) is 70.8 Å². The minimum Gasteiger partial charge on any atom is -0.350 e. The number of nitrogens with two attached hydrogens (primary N) is 1. The lowest BCUT2D eigenvalue weighted by Crippen LogP contribution is -2.58. The Labute approximate surface area is 123 Å². The van der Waals surface area contributed by atoms with E-state index in [0.29, 0.717) is 12.5 Å². The molecule has 1 atom stereocenters. The third-order valence-electron chi connectivity index (χ3n) is 6.41. The molecular formula is C17H30N2O. The molecule has 0 aromatic heterocycles. The molecule has 3 heteroatoms. The van der Waals surface area contributed by atoms with Crippen molar-refractivity contribution in [3.63, 3.8) is 0 Å². The van der Waals surface area contributed by atoms with Crippen LogP contribution in [-0.2, 0) is 4.79 Å². The van der Waals surface area contributed by atoms with E-state index in [-0.39, 0.29) is 11.0 Å². The van der Waals surface area contributed by atoms with Crippen LogP contribution >= 0.6 is 0 Å². The number of rotatable bonds is 5. The predicted molar refractivity (Wildman–Crippen MR) is 81.1 cm³/mol. The van der Waals surface area contributed by atoms with Crippen LogP contribution in [0, 0.1) is 23.2 Å². The number of nitrogens with one attached hydrogen (secondary N) is 1. The second kappa shape index (κ2) is 5.01. The molecule has 0 radical (unpaired) electrons. The molecule has 4 aliphatic rings. The van der Waals surface area contributed by atoms with E-state index in [9.17, 15) is 4.79 Å². The summed E-state index contributed by atoms with van der Waals surface area (Å²) in [6.45, 7) is 4.94. The molecule has 3 N–H and O–H groups in total. The van der Waals surface area contributed by atoms with E-state index in [0.717, 1.165) is 49.9 Å². The van der Waals surface area contributed by atoms with Crippen LogP contribution in [0.15, 0.2) is 0 Å². The molecule has 0 heterocycles. The highest BCUT2D eigenvalue weighted by Crippen LogP contribution is 2.60. The van der Waals surface area contributed by atoms with Crippen molar-refractivity contribution in [3.05, 3.63) is 0 Å². The van der Waals surface area contributed by atoms with E-state index in [4.69, 9.17) is 5.73 Å². The van der Waals surface area contributed by atoms with Gasteiger partial charge in [0.25, 0.3) is 0 Å². The highest BCUT2D eigenvalue weighted by Gasteiger charge is 2.55. The number of carbonyl (C=O) groups is 1. The number of amides is 1. The lowest BCUT2D eigenvalue weighted by Gasteiger charge is -2.56.